The minimum absolute atomic E-state index is 0.316. The van der Waals surface area contributed by atoms with Gasteiger partial charge in [-0.05, 0) is 52.3 Å². The molecule has 1 aromatic rings. The van der Waals surface area contributed by atoms with Crippen molar-refractivity contribution in [3.8, 4) is 0 Å². The second-order valence-electron chi connectivity index (χ2n) is 6.13. The SMILES string of the molecule is CC(C)(C)OC(=O)C(C)(C)c1ccc(NC(=O)O)cc1. The van der Waals surface area contributed by atoms with Gasteiger partial charge in [-0.1, -0.05) is 12.1 Å². The fourth-order valence-corrected chi connectivity index (χ4v) is 1.62. The number of carbonyl (C=O) groups excluding carboxylic acids is 1. The molecule has 1 amide bonds. The van der Waals surface area contributed by atoms with Crippen molar-refractivity contribution >= 4 is 17.7 Å². The molecule has 2 N–H and O–H groups in total. The molecule has 0 aliphatic heterocycles. The largest absolute Gasteiger partial charge is 0.465 e. The first-order chi connectivity index (χ1) is 9.02. The van der Waals surface area contributed by atoms with E-state index in [9.17, 15) is 9.59 Å². The van der Waals surface area contributed by atoms with Gasteiger partial charge in [0.15, 0.2) is 0 Å². The van der Waals surface area contributed by atoms with Crippen LogP contribution in [0.4, 0.5) is 10.5 Å². The van der Waals surface area contributed by atoms with Crippen LogP contribution in [0, 0.1) is 0 Å². The normalized spacial score (nSPS) is 11.8. The maximum absolute atomic E-state index is 12.2. The molecule has 0 saturated carbocycles. The Balaban J connectivity index is 2.92. The first-order valence-electron chi connectivity index (χ1n) is 6.36. The molecule has 0 unspecified atom stereocenters. The third kappa shape index (κ3) is 4.26. The van der Waals surface area contributed by atoms with Gasteiger partial charge in [0.1, 0.15) is 5.60 Å². The van der Waals surface area contributed by atoms with Crippen molar-refractivity contribution in [3.63, 3.8) is 0 Å². The standard InChI is InChI=1S/C15H21NO4/c1-14(2,3)20-12(17)15(4,5)10-6-8-11(9-7-10)16-13(18)19/h6-9,16H,1-5H3,(H,18,19). The Morgan fingerprint density at radius 2 is 1.55 bits per heavy atom. The number of ether oxygens (including phenoxy) is 1. The highest BCUT2D eigenvalue weighted by Crippen LogP contribution is 2.28. The fraction of sp³-hybridized carbons (Fsp3) is 0.467. The van der Waals surface area contributed by atoms with Gasteiger partial charge < -0.3 is 9.84 Å². The Labute approximate surface area is 118 Å². The average Bonchev–Trinajstić information content (AvgIpc) is 2.26. The summed E-state index contributed by atoms with van der Waals surface area (Å²) >= 11 is 0. The first kappa shape index (κ1) is 16.0. The number of carbonyl (C=O) groups is 2. The topological polar surface area (TPSA) is 75.6 Å². The van der Waals surface area contributed by atoms with Gasteiger partial charge >= 0.3 is 12.1 Å². The molecule has 0 spiro atoms. The maximum atomic E-state index is 12.2. The summed E-state index contributed by atoms with van der Waals surface area (Å²) < 4.78 is 5.40. The summed E-state index contributed by atoms with van der Waals surface area (Å²) in [7, 11) is 0. The number of rotatable bonds is 3. The van der Waals surface area contributed by atoms with Crippen LogP contribution in [0.1, 0.15) is 40.2 Å². The predicted octanol–water partition coefficient (Wildman–Crippen LogP) is 3.40. The average molecular weight is 279 g/mol. The van der Waals surface area contributed by atoms with Crippen LogP contribution in [0.3, 0.4) is 0 Å². The summed E-state index contributed by atoms with van der Waals surface area (Å²) in [4.78, 5) is 22.7. The Bertz CT molecular complexity index is 498. The van der Waals surface area contributed by atoms with E-state index in [1.54, 1.807) is 38.1 Å². The second-order valence-corrected chi connectivity index (χ2v) is 6.13. The number of benzene rings is 1. The lowest BCUT2D eigenvalue weighted by atomic mass is 9.84. The van der Waals surface area contributed by atoms with Crippen LogP contribution in [0.5, 0.6) is 0 Å². The monoisotopic (exact) mass is 279 g/mol. The Morgan fingerprint density at radius 3 is 1.95 bits per heavy atom. The minimum atomic E-state index is -1.12. The molecule has 1 rings (SSSR count). The van der Waals surface area contributed by atoms with E-state index in [1.807, 2.05) is 20.8 Å². The zero-order valence-corrected chi connectivity index (χ0v) is 12.5. The van der Waals surface area contributed by atoms with Crippen LogP contribution in [-0.2, 0) is 14.9 Å². The quantitative estimate of drug-likeness (QED) is 0.831. The summed E-state index contributed by atoms with van der Waals surface area (Å²) in [5, 5.41) is 10.9. The number of nitrogens with one attached hydrogen (secondary N) is 1. The van der Waals surface area contributed by atoms with E-state index in [0.29, 0.717) is 5.69 Å². The van der Waals surface area contributed by atoms with Crippen molar-refractivity contribution in [1.29, 1.82) is 0 Å². The highest BCUT2D eigenvalue weighted by Gasteiger charge is 2.34. The van der Waals surface area contributed by atoms with E-state index in [4.69, 9.17) is 9.84 Å². The van der Waals surface area contributed by atoms with Gasteiger partial charge in [-0.2, -0.15) is 0 Å². The van der Waals surface area contributed by atoms with Crippen molar-refractivity contribution in [2.45, 2.75) is 45.6 Å². The van der Waals surface area contributed by atoms with Gasteiger partial charge in [-0.3, -0.25) is 10.1 Å². The van der Waals surface area contributed by atoms with Crippen LogP contribution < -0.4 is 5.32 Å². The van der Waals surface area contributed by atoms with Gasteiger partial charge in [0.2, 0.25) is 0 Å². The molecule has 0 fully saturated rings. The molecule has 0 bridgehead atoms. The minimum Gasteiger partial charge on any atom is -0.465 e. The highest BCUT2D eigenvalue weighted by molar-refractivity contribution is 5.84. The van der Waals surface area contributed by atoms with Crippen LogP contribution in [0.15, 0.2) is 24.3 Å². The van der Waals surface area contributed by atoms with Crippen molar-refractivity contribution in [3.05, 3.63) is 29.8 Å². The number of esters is 1. The summed E-state index contributed by atoms with van der Waals surface area (Å²) in [6, 6.07) is 6.68. The zero-order chi connectivity index (χ0) is 15.6. The molecule has 0 radical (unpaired) electrons. The van der Waals surface area contributed by atoms with Crippen LogP contribution in [0.2, 0.25) is 0 Å². The molecule has 20 heavy (non-hydrogen) atoms. The number of hydrogen-bond acceptors (Lipinski definition) is 3. The summed E-state index contributed by atoms with van der Waals surface area (Å²) in [6.45, 7) is 9.02. The lowest BCUT2D eigenvalue weighted by molar-refractivity contribution is -0.160. The number of anilines is 1. The molecule has 0 saturated heterocycles. The molecule has 0 atom stereocenters. The molecule has 110 valence electrons. The highest BCUT2D eigenvalue weighted by atomic mass is 16.6. The smallest absolute Gasteiger partial charge is 0.409 e. The van der Waals surface area contributed by atoms with Crippen molar-refractivity contribution in [2.24, 2.45) is 0 Å². The van der Waals surface area contributed by atoms with E-state index in [2.05, 4.69) is 5.32 Å². The molecule has 1 aromatic carbocycles. The second kappa shape index (κ2) is 5.53. The van der Waals surface area contributed by atoms with Gasteiger partial charge in [0.25, 0.3) is 0 Å². The van der Waals surface area contributed by atoms with Crippen LogP contribution in [-0.4, -0.2) is 22.8 Å². The molecule has 0 heterocycles. The number of carboxylic acid groups (broad SMARTS) is 1. The molecular formula is C15H21NO4. The molecular weight excluding hydrogens is 258 g/mol. The van der Waals surface area contributed by atoms with E-state index in [-0.39, 0.29) is 5.97 Å². The zero-order valence-electron chi connectivity index (χ0n) is 12.5. The maximum Gasteiger partial charge on any atom is 0.409 e. The summed E-state index contributed by atoms with van der Waals surface area (Å²) in [6.07, 6.45) is -1.12. The molecule has 0 aromatic heterocycles. The first-order valence-corrected chi connectivity index (χ1v) is 6.36. The molecule has 0 aliphatic rings. The van der Waals surface area contributed by atoms with E-state index in [0.717, 1.165) is 5.56 Å². The number of amides is 1. The molecule has 5 heteroatoms. The van der Waals surface area contributed by atoms with Gasteiger partial charge in [0, 0.05) is 5.69 Å². The Hall–Kier alpha value is -2.04. The number of hydrogen-bond donors (Lipinski definition) is 2. The predicted molar refractivity (Wildman–Crippen MR) is 77.0 cm³/mol. The lowest BCUT2D eigenvalue weighted by Crippen LogP contribution is -2.36. The van der Waals surface area contributed by atoms with Crippen LogP contribution in [0.25, 0.3) is 0 Å². The third-order valence-electron chi connectivity index (χ3n) is 2.77. The van der Waals surface area contributed by atoms with E-state index >= 15 is 0 Å². The fourth-order valence-electron chi connectivity index (χ4n) is 1.62. The van der Waals surface area contributed by atoms with E-state index in [1.165, 1.54) is 0 Å². The van der Waals surface area contributed by atoms with Crippen molar-refractivity contribution in [2.75, 3.05) is 5.32 Å². The van der Waals surface area contributed by atoms with E-state index < -0.39 is 17.1 Å². The van der Waals surface area contributed by atoms with Crippen LogP contribution >= 0.6 is 0 Å². The lowest BCUT2D eigenvalue weighted by Gasteiger charge is -2.28. The molecule has 0 aliphatic carbocycles. The van der Waals surface area contributed by atoms with Crippen molar-refractivity contribution < 1.29 is 19.4 Å². The summed E-state index contributed by atoms with van der Waals surface area (Å²) in [5.41, 5.74) is -0.113. The van der Waals surface area contributed by atoms with Crippen molar-refractivity contribution in [1.82, 2.24) is 0 Å². The van der Waals surface area contributed by atoms with Gasteiger partial charge in [0.05, 0.1) is 5.41 Å². The van der Waals surface area contributed by atoms with Gasteiger partial charge in [-0.25, -0.2) is 4.79 Å². The Morgan fingerprint density at radius 1 is 1.05 bits per heavy atom. The molecule has 5 nitrogen and oxygen atoms in total. The van der Waals surface area contributed by atoms with Gasteiger partial charge in [-0.15, -0.1) is 0 Å². The summed E-state index contributed by atoms with van der Waals surface area (Å²) in [5.74, 6) is -0.316. The third-order valence-corrected chi connectivity index (χ3v) is 2.77. The Kier molecular flexibility index (Phi) is 4.43.